The number of hydrogen-bond donors (Lipinski definition) is 0. The number of sulfone groups is 1. The van der Waals surface area contributed by atoms with Crippen molar-refractivity contribution in [3.8, 4) is 0 Å². The van der Waals surface area contributed by atoms with Crippen LogP contribution < -0.4 is 0 Å². The highest BCUT2D eigenvalue weighted by Crippen LogP contribution is 2.30. The fourth-order valence-corrected chi connectivity index (χ4v) is 3.57. The number of furan rings is 1. The predicted octanol–water partition coefficient (Wildman–Crippen LogP) is 2.07. The lowest BCUT2D eigenvalue weighted by atomic mass is 9.85. The molecule has 1 heterocycles. The summed E-state index contributed by atoms with van der Waals surface area (Å²) in [6.45, 7) is 0. The van der Waals surface area contributed by atoms with Crippen LogP contribution in [0.15, 0.2) is 22.8 Å². The van der Waals surface area contributed by atoms with Crippen LogP contribution in [-0.2, 0) is 9.84 Å². The van der Waals surface area contributed by atoms with Gasteiger partial charge in [0.15, 0.2) is 5.76 Å². The van der Waals surface area contributed by atoms with E-state index < -0.39 is 9.84 Å². The molecule has 0 N–H and O–H groups in total. The average Bonchev–Trinajstić information content (AvgIpc) is 2.80. The van der Waals surface area contributed by atoms with E-state index in [-0.39, 0.29) is 17.0 Å². The smallest absolute Gasteiger partial charge is 0.201 e. The van der Waals surface area contributed by atoms with Crippen molar-refractivity contribution < 1.29 is 17.6 Å². The van der Waals surface area contributed by atoms with Gasteiger partial charge >= 0.3 is 0 Å². The molecular formula is C12H16O4S. The maximum Gasteiger partial charge on any atom is 0.201 e. The molecule has 1 saturated carbocycles. The third kappa shape index (κ3) is 2.77. The third-order valence-electron chi connectivity index (χ3n) is 3.37. The number of rotatable bonds is 3. The molecule has 1 aliphatic rings. The summed E-state index contributed by atoms with van der Waals surface area (Å²) >= 11 is 0. The highest BCUT2D eigenvalue weighted by Gasteiger charge is 2.33. The zero-order valence-corrected chi connectivity index (χ0v) is 10.6. The molecule has 1 fully saturated rings. The molecule has 2 rings (SSSR count). The van der Waals surface area contributed by atoms with Gasteiger partial charge in [0.2, 0.25) is 5.78 Å². The van der Waals surface area contributed by atoms with Crippen LogP contribution in [0.25, 0.3) is 0 Å². The summed E-state index contributed by atoms with van der Waals surface area (Å²) in [5.74, 6) is 0.0575. The molecule has 0 saturated heterocycles. The van der Waals surface area contributed by atoms with E-state index in [1.807, 2.05) is 0 Å². The largest absolute Gasteiger partial charge is 0.461 e. The Hall–Kier alpha value is -1.10. The highest BCUT2D eigenvalue weighted by molar-refractivity contribution is 7.91. The van der Waals surface area contributed by atoms with Gasteiger partial charge in [0.05, 0.1) is 11.5 Å². The van der Waals surface area contributed by atoms with Crippen molar-refractivity contribution in [2.45, 2.75) is 30.9 Å². The lowest BCUT2D eigenvalue weighted by Crippen LogP contribution is -2.31. The first-order valence-electron chi connectivity index (χ1n) is 5.75. The fourth-order valence-electron chi connectivity index (χ4n) is 2.39. The van der Waals surface area contributed by atoms with Crippen LogP contribution in [0.3, 0.4) is 0 Å². The van der Waals surface area contributed by atoms with Gasteiger partial charge in [-0.05, 0) is 31.4 Å². The Morgan fingerprint density at radius 1 is 1.41 bits per heavy atom. The molecule has 17 heavy (non-hydrogen) atoms. The minimum absolute atomic E-state index is 0.0663. The van der Waals surface area contributed by atoms with Crippen molar-refractivity contribution in [3.63, 3.8) is 0 Å². The van der Waals surface area contributed by atoms with E-state index in [9.17, 15) is 13.2 Å². The van der Waals surface area contributed by atoms with Crippen LogP contribution in [0.2, 0.25) is 0 Å². The highest BCUT2D eigenvalue weighted by atomic mass is 32.2. The molecular weight excluding hydrogens is 240 g/mol. The molecule has 5 heteroatoms. The van der Waals surface area contributed by atoms with Crippen LogP contribution in [0.4, 0.5) is 0 Å². The second-order valence-corrected chi connectivity index (χ2v) is 6.98. The summed E-state index contributed by atoms with van der Waals surface area (Å²) in [7, 11) is -3.04. The number of carbonyl (C=O) groups is 1. The molecule has 1 aliphatic carbocycles. The van der Waals surface area contributed by atoms with Crippen molar-refractivity contribution in [2.75, 3.05) is 6.26 Å². The van der Waals surface area contributed by atoms with E-state index in [1.165, 1.54) is 12.5 Å². The number of carbonyl (C=O) groups excluding carboxylic acids is 1. The molecule has 4 nitrogen and oxygen atoms in total. The van der Waals surface area contributed by atoms with E-state index in [1.54, 1.807) is 12.1 Å². The molecule has 0 amide bonds. The molecule has 0 aromatic carbocycles. The van der Waals surface area contributed by atoms with E-state index in [2.05, 4.69) is 0 Å². The molecule has 0 aliphatic heterocycles. The standard InChI is InChI=1S/C12H16O4S/c1-17(14,15)10-5-2-4-9(8-10)12(13)11-6-3-7-16-11/h3,6-7,9-10H,2,4-5,8H2,1H3. The first-order chi connectivity index (χ1) is 7.98. The van der Waals surface area contributed by atoms with Crippen LogP contribution in [0.1, 0.15) is 36.2 Å². The zero-order chi connectivity index (χ0) is 12.5. The number of ketones is 1. The molecule has 2 atom stereocenters. The molecule has 0 bridgehead atoms. The van der Waals surface area contributed by atoms with E-state index in [0.29, 0.717) is 18.6 Å². The Morgan fingerprint density at radius 3 is 2.76 bits per heavy atom. The molecule has 0 spiro atoms. The van der Waals surface area contributed by atoms with Crippen molar-refractivity contribution in [1.29, 1.82) is 0 Å². The maximum absolute atomic E-state index is 12.0. The molecule has 2 unspecified atom stereocenters. The average molecular weight is 256 g/mol. The summed E-state index contributed by atoms with van der Waals surface area (Å²) in [6.07, 6.45) is 5.35. The summed E-state index contributed by atoms with van der Waals surface area (Å²) in [4.78, 5) is 12.0. The second-order valence-electron chi connectivity index (χ2n) is 4.66. The Kier molecular flexibility index (Phi) is 3.38. The Bertz CT molecular complexity index is 487. The topological polar surface area (TPSA) is 64.3 Å². The third-order valence-corrected chi connectivity index (χ3v) is 5.01. The normalized spacial score (nSPS) is 25.7. The Labute approximate surface area is 101 Å². The second kappa shape index (κ2) is 4.64. The van der Waals surface area contributed by atoms with Crippen molar-refractivity contribution in [3.05, 3.63) is 24.2 Å². The van der Waals surface area contributed by atoms with Crippen molar-refractivity contribution >= 4 is 15.6 Å². The predicted molar refractivity (Wildman–Crippen MR) is 63.6 cm³/mol. The SMILES string of the molecule is CS(=O)(=O)C1CCCC(C(=O)c2ccco2)C1. The molecule has 1 aromatic heterocycles. The maximum atomic E-state index is 12.0. The lowest BCUT2D eigenvalue weighted by Gasteiger charge is -2.26. The van der Waals surface area contributed by atoms with Gasteiger partial charge in [-0.25, -0.2) is 8.42 Å². The molecule has 0 radical (unpaired) electrons. The van der Waals surface area contributed by atoms with Crippen LogP contribution in [0.5, 0.6) is 0 Å². The Balaban J connectivity index is 2.10. The minimum atomic E-state index is -3.04. The number of hydrogen-bond acceptors (Lipinski definition) is 4. The summed E-state index contributed by atoms with van der Waals surface area (Å²) in [5.41, 5.74) is 0. The fraction of sp³-hybridized carbons (Fsp3) is 0.583. The van der Waals surface area contributed by atoms with Gasteiger partial charge in [0.1, 0.15) is 9.84 Å². The van der Waals surface area contributed by atoms with Gasteiger partial charge in [-0.3, -0.25) is 4.79 Å². The van der Waals surface area contributed by atoms with Crippen LogP contribution >= 0.6 is 0 Å². The van der Waals surface area contributed by atoms with Gasteiger partial charge in [-0.15, -0.1) is 0 Å². The van der Waals surface area contributed by atoms with Gasteiger partial charge in [-0.1, -0.05) is 6.42 Å². The minimum Gasteiger partial charge on any atom is -0.461 e. The van der Waals surface area contributed by atoms with Gasteiger partial charge in [-0.2, -0.15) is 0 Å². The molecule has 1 aromatic rings. The first kappa shape index (κ1) is 12.4. The summed E-state index contributed by atoms with van der Waals surface area (Å²) < 4.78 is 28.1. The van der Waals surface area contributed by atoms with Crippen molar-refractivity contribution in [2.24, 2.45) is 5.92 Å². The van der Waals surface area contributed by atoms with Crippen LogP contribution in [-0.4, -0.2) is 25.7 Å². The first-order valence-corrected chi connectivity index (χ1v) is 7.70. The van der Waals surface area contributed by atoms with Gasteiger partial charge in [0.25, 0.3) is 0 Å². The summed E-state index contributed by atoms with van der Waals surface area (Å²) in [6, 6.07) is 3.30. The van der Waals surface area contributed by atoms with Gasteiger partial charge in [0, 0.05) is 12.2 Å². The zero-order valence-electron chi connectivity index (χ0n) is 9.76. The Morgan fingerprint density at radius 2 is 2.18 bits per heavy atom. The quantitative estimate of drug-likeness (QED) is 0.776. The molecule has 94 valence electrons. The monoisotopic (exact) mass is 256 g/mol. The van der Waals surface area contributed by atoms with E-state index in [0.717, 1.165) is 12.8 Å². The van der Waals surface area contributed by atoms with E-state index >= 15 is 0 Å². The van der Waals surface area contributed by atoms with Gasteiger partial charge < -0.3 is 4.42 Å². The van der Waals surface area contributed by atoms with Crippen molar-refractivity contribution in [1.82, 2.24) is 0 Å². The lowest BCUT2D eigenvalue weighted by molar-refractivity contribution is 0.0862. The van der Waals surface area contributed by atoms with Crippen LogP contribution in [0, 0.1) is 5.92 Å². The number of Topliss-reactive ketones (excluding diaryl/α,β-unsaturated/α-hetero) is 1. The van der Waals surface area contributed by atoms with E-state index in [4.69, 9.17) is 4.42 Å². The summed E-state index contributed by atoms with van der Waals surface area (Å²) in [5, 5.41) is -0.375.